The second-order valence-electron chi connectivity index (χ2n) is 0. The molecule has 0 aliphatic rings. The number of hydrogen-bond donors (Lipinski definition) is 0. The van der Waals surface area contributed by atoms with Gasteiger partial charge in [-0.25, -0.2) is 0 Å². The molecule has 0 aromatic carbocycles. The van der Waals surface area contributed by atoms with Crippen molar-refractivity contribution < 1.29 is 33.0 Å². The van der Waals surface area contributed by atoms with Crippen LogP contribution in [0.2, 0.25) is 0 Å². The molecular weight excluding hydrogens is 238 g/mol. The molecule has 30 valence electrons. The Morgan fingerprint density at radius 3 is 1.00 bits per heavy atom. The van der Waals surface area contributed by atoms with Crippen molar-refractivity contribution in [2.24, 2.45) is 0 Å². The summed E-state index contributed by atoms with van der Waals surface area (Å²) in [7, 11) is 0. The Kier molecular flexibility index (Phi) is 979. The molecule has 4 heavy (non-hydrogen) atoms. The topological polar surface area (TPSA) is 80.1 Å². The molecule has 0 aliphatic carbocycles. The Morgan fingerprint density at radius 2 is 1.00 bits per heavy atom. The SMILES string of the molecule is O.O.[O]=[Os]. The molecule has 0 aliphatic heterocycles. The van der Waals surface area contributed by atoms with Gasteiger partial charge in [0.25, 0.3) is 0 Å². The quantitative estimate of drug-likeness (QED) is 0.495. The van der Waals surface area contributed by atoms with Crippen LogP contribution in [0, 0.1) is 0 Å². The first-order chi connectivity index (χ1) is 1.00. The number of rotatable bonds is 0. The van der Waals surface area contributed by atoms with Crippen LogP contribution >= 0.6 is 0 Å². The van der Waals surface area contributed by atoms with Crippen LogP contribution < -0.4 is 0 Å². The van der Waals surface area contributed by atoms with Gasteiger partial charge in [0.2, 0.25) is 0 Å². The molecule has 3 nitrogen and oxygen atoms in total. The van der Waals surface area contributed by atoms with E-state index in [1.807, 2.05) is 0 Å². The summed E-state index contributed by atoms with van der Waals surface area (Å²) in [5.41, 5.74) is 0. The van der Waals surface area contributed by atoms with Crippen molar-refractivity contribution in [1.29, 1.82) is 0 Å². The average molecular weight is 242 g/mol. The molecule has 0 heterocycles. The van der Waals surface area contributed by atoms with Gasteiger partial charge in [0, 0.05) is 0 Å². The molecule has 0 amide bonds. The first-order valence-electron chi connectivity index (χ1n) is 0.144. The van der Waals surface area contributed by atoms with Gasteiger partial charge in [-0.05, 0) is 0 Å². The summed E-state index contributed by atoms with van der Waals surface area (Å²) in [6.07, 6.45) is 0. The van der Waals surface area contributed by atoms with Crippen LogP contribution in [0.4, 0.5) is 0 Å². The maximum absolute atomic E-state index is 8.28. The van der Waals surface area contributed by atoms with Gasteiger partial charge in [-0.3, -0.25) is 0 Å². The van der Waals surface area contributed by atoms with Crippen molar-refractivity contribution in [3.8, 4) is 0 Å². The minimum atomic E-state index is 0. The molecule has 0 rings (SSSR count). The molecule has 4 N–H and O–H groups in total. The Labute approximate surface area is 33.8 Å². The van der Waals surface area contributed by atoms with Gasteiger partial charge in [0.15, 0.2) is 0 Å². The second-order valence-corrected chi connectivity index (χ2v) is 0. The zero-order valence-corrected chi connectivity index (χ0v) is 4.30. The minimum absolute atomic E-state index is 0. The normalized spacial score (nSPS) is 1.25. The van der Waals surface area contributed by atoms with Crippen LogP contribution in [0.25, 0.3) is 0 Å². The van der Waals surface area contributed by atoms with Crippen LogP contribution in [0.15, 0.2) is 0 Å². The van der Waals surface area contributed by atoms with Crippen molar-refractivity contribution in [2.75, 3.05) is 0 Å². The third-order valence-electron chi connectivity index (χ3n) is 0. The molecule has 0 aromatic heterocycles. The molecule has 0 spiro atoms. The predicted molar refractivity (Wildman–Crippen MR) is 7.91 cm³/mol. The van der Waals surface area contributed by atoms with E-state index in [0.29, 0.717) is 18.6 Å². The van der Waals surface area contributed by atoms with E-state index < -0.39 is 0 Å². The van der Waals surface area contributed by atoms with E-state index in [1.165, 1.54) is 0 Å². The van der Waals surface area contributed by atoms with E-state index in [-0.39, 0.29) is 11.0 Å². The average Bonchev–Trinajstić information content (AvgIpc) is 1.00. The van der Waals surface area contributed by atoms with E-state index >= 15 is 0 Å². The van der Waals surface area contributed by atoms with Crippen molar-refractivity contribution >= 4 is 0 Å². The van der Waals surface area contributed by atoms with E-state index in [0.717, 1.165) is 0 Å². The summed E-state index contributed by atoms with van der Waals surface area (Å²) < 4.78 is 8.28. The van der Waals surface area contributed by atoms with Crippen LogP contribution in [0.5, 0.6) is 0 Å². The summed E-state index contributed by atoms with van der Waals surface area (Å²) >= 11 is 0.611. The van der Waals surface area contributed by atoms with E-state index in [4.69, 9.17) is 3.54 Å². The van der Waals surface area contributed by atoms with Gasteiger partial charge in [-0.1, -0.05) is 0 Å². The zero-order valence-electron chi connectivity index (χ0n) is 1.76. The van der Waals surface area contributed by atoms with Gasteiger partial charge < -0.3 is 11.0 Å². The second kappa shape index (κ2) is 147. The fraction of sp³-hybridized carbons (Fsp3) is 0. The molecule has 0 saturated carbocycles. The van der Waals surface area contributed by atoms with E-state index in [2.05, 4.69) is 0 Å². The molecule has 4 heteroatoms. The predicted octanol–water partition coefficient (Wildman–Crippen LogP) is -1.77. The molecule has 0 radical (unpaired) electrons. The van der Waals surface area contributed by atoms with Gasteiger partial charge in [-0.2, -0.15) is 0 Å². The molecule has 0 unspecified atom stereocenters. The fourth-order valence-electron chi connectivity index (χ4n) is 0. The van der Waals surface area contributed by atoms with Crippen LogP contribution in [-0.2, 0) is 22.1 Å². The molecule has 0 atom stereocenters. The van der Waals surface area contributed by atoms with E-state index in [9.17, 15) is 0 Å². The van der Waals surface area contributed by atoms with Crippen molar-refractivity contribution in [2.45, 2.75) is 0 Å². The summed E-state index contributed by atoms with van der Waals surface area (Å²) in [4.78, 5) is 0. The molecular formula is H4O3Os. The van der Waals surface area contributed by atoms with Crippen molar-refractivity contribution in [3.05, 3.63) is 0 Å². The standard InChI is InChI=1S/2H2O.O.Os/h2*1H2;;. The van der Waals surface area contributed by atoms with Crippen LogP contribution in [0.1, 0.15) is 0 Å². The Balaban J connectivity index is -0.00000000500. The molecule has 0 aromatic rings. The Morgan fingerprint density at radius 1 is 1.00 bits per heavy atom. The number of hydrogen-bond acceptors (Lipinski definition) is 1. The van der Waals surface area contributed by atoms with Gasteiger partial charge in [0.1, 0.15) is 0 Å². The molecule has 0 fully saturated rings. The fourth-order valence-corrected chi connectivity index (χ4v) is 0. The Hall–Kier alpha value is 0.356. The molecule has 0 bridgehead atoms. The van der Waals surface area contributed by atoms with Gasteiger partial charge in [0.05, 0.1) is 0 Å². The van der Waals surface area contributed by atoms with Gasteiger partial charge in [-0.15, -0.1) is 0 Å². The first-order valence-corrected chi connectivity index (χ1v) is 1.18. The summed E-state index contributed by atoms with van der Waals surface area (Å²) in [6, 6.07) is 0. The Bertz CT molecular complexity index is 3.25. The van der Waals surface area contributed by atoms with Gasteiger partial charge >= 0.3 is 22.1 Å². The first kappa shape index (κ1) is 26.7. The monoisotopic (exact) mass is 244 g/mol. The van der Waals surface area contributed by atoms with Crippen molar-refractivity contribution in [1.82, 2.24) is 0 Å². The summed E-state index contributed by atoms with van der Waals surface area (Å²) in [5, 5.41) is 0. The summed E-state index contributed by atoms with van der Waals surface area (Å²) in [5.74, 6) is 0. The maximum atomic E-state index is 8.28. The van der Waals surface area contributed by atoms with Crippen LogP contribution in [-0.4, -0.2) is 11.0 Å². The molecule has 0 saturated heterocycles. The third-order valence-corrected chi connectivity index (χ3v) is 0. The van der Waals surface area contributed by atoms with Crippen LogP contribution in [0.3, 0.4) is 0 Å². The van der Waals surface area contributed by atoms with E-state index in [1.54, 1.807) is 0 Å². The zero-order chi connectivity index (χ0) is 2.00. The third kappa shape index (κ3) is 34.1. The van der Waals surface area contributed by atoms with Crippen molar-refractivity contribution in [3.63, 3.8) is 0 Å². The summed E-state index contributed by atoms with van der Waals surface area (Å²) in [6.45, 7) is 0.